The third-order valence-corrected chi connectivity index (χ3v) is 7.98. The van der Waals surface area contributed by atoms with Crippen molar-refractivity contribution in [1.82, 2.24) is 5.32 Å². The number of sulfone groups is 1. The molecule has 0 aliphatic heterocycles. The summed E-state index contributed by atoms with van der Waals surface area (Å²) in [6.45, 7) is -0.114. The van der Waals surface area contributed by atoms with Gasteiger partial charge in [-0.2, -0.15) is 18.4 Å². The zero-order valence-corrected chi connectivity index (χ0v) is 17.0. The first-order valence-corrected chi connectivity index (χ1v) is 11.0. The lowest BCUT2D eigenvalue weighted by Gasteiger charge is -2.19. The number of halogens is 3. The number of carbonyl (C=O) groups is 2. The molecule has 1 amide bonds. The van der Waals surface area contributed by atoms with Crippen LogP contribution in [0.5, 0.6) is 0 Å². The number of hydrogen-bond donors (Lipinski definition) is 1. The van der Waals surface area contributed by atoms with Crippen molar-refractivity contribution in [2.45, 2.75) is 47.5 Å². The van der Waals surface area contributed by atoms with E-state index in [0.717, 1.165) is 12.1 Å². The van der Waals surface area contributed by atoms with E-state index in [9.17, 15) is 31.2 Å². The molecule has 0 bridgehead atoms. The van der Waals surface area contributed by atoms with Crippen molar-refractivity contribution >= 4 is 35.5 Å². The Bertz CT molecular complexity index is 1030. The highest BCUT2D eigenvalue weighted by molar-refractivity contribution is 7.92. The van der Waals surface area contributed by atoms with Gasteiger partial charge in [0.15, 0.2) is 9.84 Å². The van der Waals surface area contributed by atoms with Gasteiger partial charge in [0.1, 0.15) is 13.4 Å². The number of carbonyl (C=O) groups excluding carboxylic acids is 2. The monoisotopic (exact) mass is 454 g/mol. The van der Waals surface area contributed by atoms with Crippen LogP contribution in [0.15, 0.2) is 23.1 Å². The highest BCUT2D eigenvalue weighted by Crippen LogP contribution is 2.43. The fraction of sp³-hybridized carbons (Fsp3) is 0.526. The summed E-state index contributed by atoms with van der Waals surface area (Å²) in [6, 6.07) is 4.42. The number of nitriles is 1. The number of nitrogens with one attached hydrogen (secondary N) is 1. The number of rotatable bonds is 7. The number of ether oxygens (including phenoxy) is 1. The van der Waals surface area contributed by atoms with Gasteiger partial charge in [0.2, 0.25) is 5.91 Å². The first-order chi connectivity index (χ1) is 14.4. The van der Waals surface area contributed by atoms with E-state index in [4.69, 9.17) is 17.8 Å². The van der Waals surface area contributed by atoms with E-state index >= 15 is 0 Å². The van der Waals surface area contributed by atoms with E-state index in [1.807, 2.05) is 6.07 Å². The third-order valence-electron chi connectivity index (χ3n) is 5.75. The summed E-state index contributed by atoms with van der Waals surface area (Å²) in [6.07, 6.45) is -4.46. The molecule has 12 heteroatoms. The second-order valence-corrected chi connectivity index (χ2v) is 10.1. The zero-order chi connectivity index (χ0) is 23.0. The molecule has 1 aromatic rings. The first kappa shape index (κ1) is 23.1. The molecule has 0 saturated heterocycles. The fourth-order valence-electron chi connectivity index (χ4n) is 3.91. The van der Waals surface area contributed by atoms with Crippen LogP contribution in [0.2, 0.25) is 0 Å². The predicted molar refractivity (Wildman–Crippen MR) is 102 cm³/mol. The maximum absolute atomic E-state index is 13.5. The van der Waals surface area contributed by atoms with Crippen LogP contribution in [0.3, 0.4) is 0 Å². The molecule has 2 fully saturated rings. The number of amides is 1. The van der Waals surface area contributed by atoms with Gasteiger partial charge in [-0.05, 0) is 31.7 Å². The van der Waals surface area contributed by atoms with Crippen LogP contribution in [0.4, 0.5) is 13.2 Å². The zero-order valence-electron chi connectivity index (χ0n) is 16.2. The number of hydrogen-bond acceptors (Lipinski definition) is 6. The summed E-state index contributed by atoms with van der Waals surface area (Å²) in [5.74, 6) is -2.24. The molecule has 2 saturated carbocycles. The number of alkyl halides is 3. The minimum Gasteiger partial charge on any atom is -0.468 e. The normalized spacial score (nSPS) is 24.8. The van der Waals surface area contributed by atoms with Gasteiger partial charge in [-0.3, -0.25) is 9.59 Å². The Labute approximate surface area is 178 Å². The van der Waals surface area contributed by atoms with E-state index in [0.29, 0.717) is 18.9 Å². The van der Waals surface area contributed by atoms with E-state index in [2.05, 4.69) is 5.32 Å². The van der Waals surface area contributed by atoms with E-state index in [1.54, 1.807) is 0 Å². The number of benzene rings is 1. The molecule has 164 valence electrons. The lowest BCUT2D eigenvalue weighted by molar-refractivity contribution is -0.139. The molecule has 1 N–H and O–H groups in total. The van der Waals surface area contributed by atoms with Gasteiger partial charge < -0.3 is 10.1 Å². The molecule has 0 heterocycles. The summed E-state index contributed by atoms with van der Waals surface area (Å²) in [4.78, 5) is 22.4. The van der Waals surface area contributed by atoms with Crippen molar-refractivity contribution in [1.29, 1.82) is 5.26 Å². The molecule has 0 aromatic heterocycles. The molecular weight excluding hydrogens is 436 g/mol. The smallest absolute Gasteiger partial charge is 0.417 e. The molecule has 2 radical (unpaired) electrons. The molecule has 7 nitrogen and oxygen atoms in total. The summed E-state index contributed by atoms with van der Waals surface area (Å²) >= 11 is 0. The van der Waals surface area contributed by atoms with Gasteiger partial charge in [-0.15, -0.1) is 0 Å². The lowest BCUT2D eigenvalue weighted by atomic mass is 9.94. The van der Waals surface area contributed by atoms with Crippen LogP contribution in [0.25, 0.3) is 0 Å². The Morgan fingerprint density at radius 2 is 2.03 bits per heavy atom. The molecular formula is C19H18BF3N2O5S. The van der Waals surface area contributed by atoms with Crippen molar-refractivity contribution in [3.8, 4) is 6.07 Å². The van der Waals surface area contributed by atoms with Crippen LogP contribution in [-0.2, 0) is 30.3 Å². The maximum Gasteiger partial charge on any atom is 0.417 e. The van der Waals surface area contributed by atoms with Crippen LogP contribution >= 0.6 is 0 Å². The Morgan fingerprint density at radius 1 is 1.35 bits per heavy atom. The van der Waals surface area contributed by atoms with Crippen LogP contribution < -0.4 is 10.8 Å². The van der Waals surface area contributed by atoms with Crippen LogP contribution in [0, 0.1) is 23.2 Å². The summed E-state index contributed by atoms with van der Waals surface area (Å²) in [5, 5.41) is 10.5. The standard InChI is InChI=1S/C19H18BF3N2O5S/c20-12-1-2-16(15(6-12)19(21,22)23)31(28,29)13-5-11(8-30-10-26)14(7-13)17(27)25-18(9-24)3-4-18/h1-2,6,10-11,13-14H,3-5,7-8H2,(H,25,27)/t11-,13-,14+/m0/s1. The van der Waals surface area contributed by atoms with Gasteiger partial charge in [0.05, 0.1) is 28.4 Å². The molecule has 2 aliphatic carbocycles. The molecule has 3 rings (SSSR count). The largest absolute Gasteiger partial charge is 0.468 e. The second kappa shape index (κ2) is 8.18. The SMILES string of the molecule is [B]c1ccc(S(=O)(=O)[C@H]2C[C@@H](COC=O)[C@H](C(=O)NC3(C#N)CC3)C2)c(C(F)(F)F)c1. The van der Waals surface area contributed by atoms with Gasteiger partial charge in [-0.1, -0.05) is 17.6 Å². The van der Waals surface area contributed by atoms with E-state index in [1.165, 1.54) is 0 Å². The topological polar surface area (TPSA) is 113 Å². The van der Waals surface area contributed by atoms with E-state index in [-0.39, 0.29) is 31.4 Å². The van der Waals surface area contributed by atoms with Crippen molar-refractivity contribution in [2.24, 2.45) is 11.8 Å². The highest BCUT2D eigenvalue weighted by Gasteiger charge is 2.51. The molecule has 2 aliphatic rings. The summed E-state index contributed by atoms with van der Waals surface area (Å²) in [5.41, 5.74) is -2.61. The quantitative estimate of drug-likeness (QED) is 0.486. The van der Waals surface area contributed by atoms with Crippen molar-refractivity contribution in [3.63, 3.8) is 0 Å². The van der Waals surface area contributed by atoms with E-state index < -0.39 is 55.0 Å². The first-order valence-electron chi connectivity index (χ1n) is 9.42. The van der Waals surface area contributed by atoms with Gasteiger partial charge in [-0.25, -0.2) is 8.42 Å². The Morgan fingerprint density at radius 3 is 2.58 bits per heavy atom. The number of nitrogens with zero attached hydrogens (tertiary/aromatic N) is 1. The van der Waals surface area contributed by atoms with Crippen LogP contribution in [0.1, 0.15) is 31.2 Å². The van der Waals surface area contributed by atoms with Crippen LogP contribution in [-0.4, -0.2) is 46.0 Å². The molecule has 0 spiro atoms. The minimum atomic E-state index is -4.95. The molecule has 3 atom stereocenters. The Hall–Kier alpha value is -2.55. The Kier molecular flexibility index (Phi) is 6.10. The average Bonchev–Trinajstić information content (AvgIpc) is 3.32. The minimum absolute atomic E-state index is 0.149. The summed E-state index contributed by atoms with van der Waals surface area (Å²) < 4.78 is 71.3. The average molecular weight is 454 g/mol. The van der Waals surface area contributed by atoms with Gasteiger partial charge >= 0.3 is 6.18 Å². The third kappa shape index (κ3) is 4.71. The molecule has 31 heavy (non-hydrogen) atoms. The molecule has 1 aromatic carbocycles. The van der Waals surface area contributed by atoms with Crippen molar-refractivity contribution in [2.75, 3.05) is 6.61 Å². The van der Waals surface area contributed by atoms with Crippen molar-refractivity contribution < 1.29 is 35.9 Å². The highest BCUT2D eigenvalue weighted by atomic mass is 32.2. The molecule has 0 unspecified atom stereocenters. The fourth-order valence-corrected chi connectivity index (χ4v) is 5.97. The Balaban J connectivity index is 1.91. The summed E-state index contributed by atoms with van der Waals surface area (Å²) in [7, 11) is 0.922. The maximum atomic E-state index is 13.5. The van der Waals surface area contributed by atoms with Crippen molar-refractivity contribution in [3.05, 3.63) is 23.8 Å². The predicted octanol–water partition coefficient (Wildman–Crippen LogP) is 1.01. The van der Waals surface area contributed by atoms with Gasteiger partial charge in [0.25, 0.3) is 6.47 Å². The lowest BCUT2D eigenvalue weighted by Crippen LogP contribution is -2.41. The van der Waals surface area contributed by atoms with Gasteiger partial charge in [0, 0.05) is 11.8 Å². The second-order valence-electron chi connectivity index (χ2n) is 7.87.